The Morgan fingerprint density at radius 2 is 1.84 bits per heavy atom. The normalized spacial score (nSPS) is 19.7. The van der Waals surface area contributed by atoms with E-state index < -0.39 is 17.8 Å². The molecule has 1 N–H and O–H groups in total. The Balaban J connectivity index is 1.42. The van der Waals surface area contributed by atoms with E-state index in [0.717, 1.165) is 22.0 Å². The van der Waals surface area contributed by atoms with Gasteiger partial charge < -0.3 is 5.11 Å². The smallest absolute Gasteiger partial charge is 0.389 e. The van der Waals surface area contributed by atoms with E-state index in [0.29, 0.717) is 17.2 Å². The van der Waals surface area contributed by atoms with Crippen molar-refractivity contribution in [3.05, 3.63) is 66.6 Å². The lowest BCUT2D eigenvalue weighted by Gasteiger charge is -2.30. The van der Waals surface area contributed by atoms with E-state index in [1.165, 1.54) is 23.2 Å². The largest absolute Gasteiger partial charge is 0.408 e. The van der Waals surface area contributed by atoms with E-state index in [1.807, 2.05) is 37.5 Å². The average Bonchev–Trinajstić information content (AvgIpc) is 3.55. The molecular weight excluding hydrogens is 483 g/mol. The number of benzene rings is 1. The van der Waals surface area contributed by atoms with E-state index in [1.54, 1.807) is 28.3 Å². The Morgan fingerprint density at radius 3 is 2.54 bits per heavy atom. The fraction of sp³-hybridized carbons (Fsp3) is 0.308. The van der Waals surface area contributed by atoms with Gasteiger partial charge in [-0.05, 0) is 42.7 Å². The molecule has 5 aromatic rings. The summed E-state index contributed by atoms with van der Waals surface area (Å²) >= 11 is 0. The number of likely N-dealkylation sites (tertiary alicyclic amines) is 1. The first-order valence-corrected chi connectivity index (χ1v) is 11.9. The van der Waals surface area contributed by atoms with Crippen molar-refractivity contribution in [2.24, 2.45) is 7.05 Å². The highest BCUT2D eigenvalue weighted by Gasteiger charge is 2.48. The fourth-order valence-corrected chi connectivity index (χ4v) is 5.04. The third-order valence-electron chi connectivity index (χ3n) is 6.86. The van der Waals surface area contributed by atoms with Gasteiger partial charge in [0.15, 0.2) is 11.5 Å². The van der Waals surface area contributed by atoms with Gasteiger partial charge in [-0.1, -0.05) is 24.3 Å². The summed E-state index contributed by atoms with van der Waals surface area (Å²) in [7, 11) is 1.85. The minimum absolute atomic E-state index is 0.0541. The molecule has 1 fully saturated rings. The van der Waals surface area contributed by atoms with Crippen LogP contribution < -0.4 is 0 Å². The minimum Gasteiger partial charge on any atom is -0.389 e. The van der Waals surface area contributed by atoms with Crippen LogP contribution in [0.4, 0.5) is 13.2 Å². The summed E-state index contributed by atoms with van der Waals surface area (Å²) in [6, 6.07) is 10.7. The molecule has 1 unspecified atom stereocenters. The molecule has 6 rings (SSSR count). The number of rotatable bonds is 4. The molecule has 0 radical (unpaired) electrons. The number of aromatic nitrogens is 6. The molecule has 0 spiro atoms. The number of fused-ring (bicyclic) bond motifs is 2. The van der Waals surface area contributed by atoms with Crippen molar-refractivity contribution in [2.45, 2.75) is 31.2 Å². The van der Waals surface area contributed by atoms with Crippen LogP contribution in [0.2, 0.25) is 0 Å². The van der Waals surface area contributed by atoms with Gasteiger partial charge in [-0.15, -0.1) is 10.2 Å². The standard InChI is InChI=1S/C26H24F3N7O/c1-25(37)9-10-35(15-25)23(26(27,28)29)18-6-8-22-32-33-24(36(22)14-18)20-7-5-16-3-4-17(11-21(16)31-20)19-12-30-34(2)13-19/h3-8,11-14,23,37H,9-10,15H2,1-2H3/t23-,25?/m0/s1. The molecule has 190 valence electrons. The average molecular weight is 508 g/mol. The monoisotopic (exact) mass is 507 g/mol. The lowest BCUT2D eigenvalue weighted by molar-refractivity contribution is -0.185. The van der Waals surface area contributed by atoms with Crippen molar-refractivity contribution in [3.63, 3.8) is 0 Å². The van der Waals surface area contributed by atoms with Crippen LogP contribution in [0, 0.1) is 0 Å². The van der Waals surface area contributed by atoms with Crippen molar-refractivity contribution >= 4 is 16.6 Å². The van der Waals surface area contributed by atoms with E-state index >= 15 is 0 Å². The van der Waals surface area contributed by atoms with Crippen LogP contribution in [-0.2, 0) is 7.05 Å². The molecule has 5 heterocycles. The zero-order valence-corrected chi connectivity index (χ0v) is 20.2. The van der Waals surface area contributed by atoms with Crippen LogP contribution in [0.15, 0.2) is 61.1 Å². The van der Waals surface area contributed by atoms with Crippen molar-refractivity contribution in [3.8, 4) is 22.6 Å². The lowest BCUT2D eigenvalue weighted by atomic mass is 10.1. The molecule has 1 aliphatic rings. The molecule has 1 aliphatic heterocycles. The number of β-amino-alcohol motifs (C(OH)–C–C–N with tert-alkyl or cyclic N) is 1. The lowest BCUT2D eigenvalue weighted by Crippen LogP contribution is -2.39. The van der Waals surface area contributed by atoms with Crippen molar-refractivity contribution in [1.82, 2.24) is 34.3 Å². The second-order valence-corrected chi connectivity index (χ2v) is 9.88. The molecule has 0 amide bonds. The molecule has 37 heavy (non-hydrogen) atoms. The second kappa shape index (κ2) is 8.35. The van der Waals surface area contributed by atoms with Crippen LogP contribution >= 0.6 is 0 Å². The zero-order chi connectivity index (χ0) is 25.9. The number of alkyl halides is 3. The highest BCUT2D eigenvalue weighted by Crippen LogP contribution is 2.41. The molecule has 8 nitrogen and oxygen atoms in total. The molecule has 0 saturated carbocycles. The van der Waals surface area contributed by atoms with E-state index in [-0.39, 0.29) is 25.1 Å². The number of nitrogens with zero attached hydrogens (tertiary/aromatic N) is 7. The summed E-state index contributed by atoms with van der Waals surface area (Å²) in [5.41, 5.74) is 2.44. The summed E-state index contributed by atoms with van der Waals surface area (Å²) in [5.74, 6) is 0.347. The van der Waals surface area contributed by atoms with Gasteiger partial charge in [0.1, 0.15) is 11.7 Å². The predicted octanol–water partition coefficient (Wildman–Crippen LogP) is 4.41. The van der Waals surface area contributed by atoms with Gasteiger partial charge in [-0.25, -0.2) is 4.98 Å². The van der Waals surface area contributed by atoms with Gasteiger partial charge in [0.2, 0.25) is 0 Å². The van der Waals surface area contributed by atoms with Crippen LogP contribution in [0.25, 0.3) is 39.2 Å². The van der Waals surface area contributed by atoms with Crippen LogP contribution in [0.3, 0.4) is 0 Å². The number of hydrogen-bond donors (Lipinski definition) is 1. The number of pyridine rings is 2. The van der Waals surface area contributed by atoms with Crippen molar-refractivity contribution in [1.29, 1.82) is 0 Å². The molecule has 0 aliphatic carbocycles. The van der Waals surface area contributed by atoms with Crippen molar-refractivity contribution < 1.29 is 18.3 Å². The minimum atomic E-state index is -4.52. The first-order chi connectivity index (χ1) is 17.6. The highest BCUT2D eigenvalue weighted by molar-refractivity contribution is 5.85. The number of aryl methyl sites for hydroxylation is 1. The third kappa shape index (κ3) is 4.34. The van der Waals surface area contributed by atoms with Gasteiger partial charge in [-0.3, -0.25) is 14.0 Å². The topological polar surface area (TPSA) is 84.4 Å². The molecule has 4 aromatic heterocycles. The fourth-order valence-electron chi connectivity index (χ4n) is 5.04. The SMILES string of the molecule is Cn1cc(-c2ccc3ccc(-c4nnc5ccc([C@H](N6CCC(C)(O)C6)C(F)(F)F)cn45)nc3c2)cn1. The number of aliphatic hydroxyl groups is 1. The van der Waals surface area contributed by atoms with Crippen LogP contribution in [-0.4, -0.2) is 64.2 Å². The predicted molar refractivity (Wildman–Crippen MR) is 132 cm³/mol. The van der Waals surface area contributed by atoms with Crippen molar-refractivity contribution in [2.75, 3.05) is 13.1 Å². The molecule has 1 aromatic carbocycles. The molecule has 11 heteroatoms. The first kappa shape index (κ1) is 23.6. The van der Waals surface area contributed by atoms with E-state index in [2.05, 4.69) is 15.3 Å². The Hall–Kier alpha value is -3.83. The molecular formula is C26H24F3N7O. The summed E-state index contributed by atoms with van der Waals surface area (Å²) in [6.45, 7) is 1.65. The van der Waals surface area contributed by atoms with Gasteiger partial charge >= 0.3 is 6.18 Å². The summed E-state index contributed by atoms with van der Waals surface area (Å²) in [5, 5.41) is 23.8. The molecule has 1 saturated heterocycles. The number of hydrogen-bond acceptors (Lipinski definition) is 6. The maximum Gasteiger partial charge on any atom is 0.408 e. The maximum absolute atomic E-state index is 14.2. The third-order valence-corrected chi connectivity index (χ3v) is 6.86. The van der Waals surface area contributed by atoms with E-state index in [9.17, 15) is 18.3 Å². The summed E-state index contributed by atoms with van der Waals surface area (Å²) in [4.78, 5) is 6.04. The quantitative estimate of drug-likeness (QED) is 0.388. The van der Waals surface area contributed by atoms with Crippen LogP contribution in [0.5, 0.6) is 0 Å². The second-order valence-electron chi connectivity index (χ2n) is 9.88. The highest BCUT2D eigenvalue weighted by atomic mass is 19.4. The Morgan fingerprint density at radius 1 is 1.03 bits per heavy atom. The van der Waals surface area contributed by atoms with Gasteiger partial charge in [0, 0.05) is 43.5 Å². The Kier molecular flexibility index (Phi) is 5.32. The van der Waals surface area contributed by atoms with Crippen LogP contribution in [0.1, 0.15) is 24.9 Å². The van der Waals surface area contributed by atoms with Gasteiger partial charge in [-0.2, -0.15) is 18.3 Å². The van der Waals surface area contributed by atoms with Gasteiger partial charge in [0.05, 0.1) is 17.3 Å². The number of halogens is 3. The Labute approximate surface area is 210 Å². The molecule has 0 bridgehead atoms. The molecule has 2 atom stereocenters. The first-order valence-electron chi connectivity index (χ1n) is 11.9. The van der Waals surface area contributed by atoms with Gasteiger partial charge in [0.25, 0.3) is 0 Å². The summed E-state index contributed by atoms with van der Waals surface area (Å²) < 4.78 is 46.0. The van der Waals surface area contributed by atoms with E-state index in [4.69, 9.17) is 4.98 Å². The summed E-state index contributed by atoms with van der Waals surface area (Å²) in [6.07, 6.45) is 0.868. The maximum atomic E-state index is 14.2. The zero-order valence-electron chi connectivity index (χ0n) is 20.2. The Bertz CT molecular complexity index is 1620.